The van der Waals surface area contributed by atoms with E-state index in [0.29, 0.717) is 5.92 Å². The minimum absolute atomic E-state index is 0.427. The summed E-state index contributed by atoms with van der Waals surface area (Å²) in [6.07, 6.45) is 14.1. The van der Waals surface area contributed by atoms with Crippen molar-refractivity contribution in [2.45, 2.75) is 25.3 Å². The summed E-state index contributed by atoms with van der Waals surface area (Å²) in [5.74, 6) is 1.61. The lowest BCUT2D eigenvalue weighted by atomic mass is 9.97. The Hall–Kier alpha value is -3.54. The molecular formula is C22H18N6. The lowest BCUT2D eigenvalue weighted by Crippen LogP contribution is -2.18. The number of nitrogens with zero attached hydrogens (tertiary/aromatic N) is 6. The van der Waals surface area contributed by atoms with Gasteiger partial charge in [-0.3, -0.25) is 9.97 Å². The summed E-state index contributed by atoms with van der Waals surface area (Å²) in [7, 11) is 0. The first-order chi connectivity index (χ1) is 13.8. The summed E-state index contributed by atoms with van der Waals surface area (Å²) in [4.78, 5) is 18.3. The van der Waals surface area contributed by atoms with Crippen LogP contribution in [0.2, 0.25) is 0 Å². The summed E-state index contributed by atoms with van der Waals surface area (Å²) >= 11 is 0. The van der Waals surface area contributed by atoms with Gasteiger partial charge in [-0.2, -0.15) is 0 Å². The van der Waals surface area contributed by atoms with Crippen LogP contribution in [-0.2, 0) is 13.0 Å². The zero-order chi connectivity index (χ0) is 18.5. The Kier molecular flexibility index (Phi) is 3.32. The Labute approximate surface area is 161 Å². The number of rotatable bonds is 2. The molecule has 0 amide bonds. The SMILES string of the molecule is c1cnc2cc(-c3ccc4nc(C5CCc6nccn6C5)cn4c3)cnc2c1. The number of aryl methyl sites for hydroxylation is 1. The van der Waals surface area contributed by atoms with Gasteiger partial charge in [0.2, 0.25) is 0 Å². The molecule has 0 aliphatic carbocycles. The van der Waals surface area contributed by atoms with E-state index in [0.717, 1.165) is 52.9 Å². The van der Waals surface area contributed by atoms with E-state index in [1.807, 2.05) is 24.5 Å². The molecule has 0 saturated carbocycles. The predicted octanol–water partition coefficient (Wildman–Crippen LogP) is 3.87. The second kappa shape index (κ2) is 5.99. The Balaban J connectivity index is 1.37. The van der Waals surface area contributed by atoms with Crippen LogP contribution in [0.3, 0.4) is 0 Å². The third-order valence-electron chi connectivity index (χ3n) is 5.61. The van der Waals surface area contributed by atoms with Crippen molar-refractivity contribution in [1.29, 1.82) is 0 Å². The predicted molar refractivity (Wildman–Crippen MR) is 107 cm³/mol. The van der Waals surface area contributed by atoms with E-state index in [-0.39, 0.29) is 0 Å². The zero-order valence-corrected chi connectivity index (χ0v) is 15.2. The Morgan fingerprint density at radius 3 is 2.93 bits per heavy atom. The summed E-state index contributed by atoms with van der Waals surface area (Å²) in [5, 5.41) is 0. The van der Waals surface area contributed by atoms with E-state index in [1.165, 1.54) is 5.82 Å². The van der Waals surface area contributed by atoms with Gasteiger partial charge in [0.25, 0.3) is 0 Å². The molecule has 6 heterocycles. The van der Waals surface area contributed by atoms with Crippen LogP contribution in [0, 0.1) is 0 Å². The first-order valence-electron chi connectivity index (χ1n) is 9.53. The largest absolute Gasteiger partial charge is 0.334 e. The van der Waals surface area contributed by atoms with Gasteiger partial charge in [-0.1, -0.05) is 0 Å². The third kappa shape index (κ3) is 2.49. The van der Waals surface area contributed by atoms with E-state index in [1.54, 1.807) is 6.20 Å². The maximum absolute atomic E-state index is 4.88. The normalized spacial score (nSPS) is 16.5. The third-order valence-corrected chi connectivity index (χ3v) is 5.61. The smallest absolute Gasteiger partial charge is 0.137 e. The molecule has 6 heteroatoms. The number of pyridine rings is 3. The van der Waals surface area contributed by atoms with Crippen LogP contribution in [0.4, 0.5) is 0 Å². The molecule has 0 spiro atoms. The highest BCUT2D eigenvalue weighted by Crippen LogP contribution is 2.29. The molecule has 1 atom stereocenters. The molecule has 1 aliphatic rings. The number of aromatic nitrogens is 6. The maximum Gasteiger partial charge on any atom is 0.137 e. The van der Waals surface area contributed by atoms with E-state index < -0.39 is 0 Å². The summed E-state index contributed by atoms with van der Waals surface area (Å²) in [6.45, 7) is 0.951. The van der Waals surface area contributed by atoms with Gasteiger partial charge >= 0.3 is 0 Å². The average molecular weight is 366 g/mol. The molecule has 0 N–H and O–H groups in total. The highest BCUT2D eigenvalue weighted by atomic mass is 15.1. The van der Waals surface area contributed by atoms with Gasteiger partial charge in [0, 0.05) is 67.2 Å². The molecule has 0 fully saturated rings. The standard InChI is InChI=1S/C22H18N6/c1-2-18-19(23-7-1)10-17(11-25-18)15-3-6-22-26-20(14-28(22)12-15)16-4-5-21-24-8-9-27(21)13-16/h1-3,6-12,14,16H,4-5,13H2. The summed E-state index contributed by atoms with van der Waals surface area (Å²) in [5.41, 5.74) is 6.11. The first-order valence-corrected chi connectivity index (χ1v) is 9.53. The number of fused-ring (bicyclic) bond motifs is 3. The number of hydrogen-bond donors (Lipinski definition) is 0. The Bertz CT molecular complexity index is 1320. The van der Waals surface area contributed by atoms with Crippen molar-refractivity contribution in [3.05, 3.63) is 79.0 Å². The van der Waals surface area contributed by atoms with Gasteiger partial charge < -0.3 is 8.97 Å². The molecule has 0 aromatic carbocycles. The minimum Gasteiger partial charge on any atom is -0.334 e. The molecule has 1 aliphatic heterocycles. The van der Waals surface area contributed by atoms with Crippen LogP contribution < -0.4 is 0 Å². The lowest BCUT2D eigenvalue weighted by molar-refractivity contribution is 0.450. The van der Waals surface area contributed by atoms with Gasteiger partial charge in [0.1, 0.15) is 11.5 Å². The van der Waals surface area contributed by atoms with Gasteiger partial charge in [-0.25, -0.2) is 9.97 Å². The van der Waals surface area contributed by atoms with E-state index in [9.17, 15) is 0 Å². The van der Waals surface area contributed by atoms with Crippen LogP contribution >= 0.6 is 0 Å². The van der Waals surface area contributed by atoms with E-state index >= 15 is 0 Å². The Morgan fingerprint density at radius 1 is 0.929 bits per heavy atom. The van der Waals surface area contributed by atoms with Crippen molar-refractivity contribution in [1.82, 2.24) is 28.9 Å². The minimum atomic E-state index is 0.427. The van der Waals surface area contributed by atoms with Crippen LogP contribution in [-0.4, -0.2) is 28.9 Å². The van der Waals surface area contributed by atoms with Crippen molar-refractivity contribution in [3.8, 4) is 11.1 Å². The molecule has 0 saturated heterocycles. The van der Waals surface area contributed by atoms with Crippen LogP contribution in [0.15, 0.2) is 67.5 Å². The molecular weight excluding hydrogens is 348 g/mol. The molecule has 136 valence electrons. The van der Waals surface area contributed by atoms with Gasteiger partial charge in [0.05, 0.1) is 16.7 Å². The van der Waals surface area contributed by atoms with Crippen molar-refractivity contribution >= 4 is 16.7 Å². The van der Waals surface area contributed by atoms with E-state index in [2.05, 4.69) is 60.7 Å². The molecule has 5 aromatic rings. The molecule has 0 radical (unpaired) electrons. The molecule has 0 bridgehead atoms. The zero-order valence-electron chi connectivity index (χ0n) is 15.2. The molecule has 6 rings (SSSR count). The fourth-order valence-corrected chi connectivity index (χ4v) is 4.10. The number of hydrogen-bond acceptors (Lipinski definition) is 4. The van der Waals surface area contributed by atoms with Crippen molar-refractivity contribution < 1.29 is 0 Å². The Morgan fingerprint density at radius 2 is 1.93 bits per heavy atom. The highest BCUT2D eigenvalue weighted by Gasteiger charge is 2.22. The first kappa shape index (κ1) is 15.5. The van der Waals surface area contributed by atoms with Crippen LogP contribution in [0.5, 0.6) is 0 Å². The number of imidazole rings is 2. The average Bonchev–Trinajstić information content (AvgIpc) is 3.39. The van der Waals surface area contributed by atoms with Crippen LogP contribution in [0.1, 0.15) is 23.9 Å². The maximum atomic E-state index is 4.88. The molecule has 6 nitrogen and oxygen atoms in total. The molecule has 1 unspecified atom stereocenters. The van der Waals surface area contributed by atoms with Gasteiger partial charge in [-0.15, -0.1) is 0 Å². The summed E-state index contributed by atoms with van der Waals surface area (Å²) in [6, 6.07) is 10.2. The van der Waals surface area contributed by atoms with E-state index in [4.69, 9.17) is 4.98 Å². The fourth-order valence-electron chi connectivity index (χ4n) is 4.10. The second-order valence-electron chi connectivity index (χ2n) is 7.35. The lowest BCUT2D eigenvalue weighted by Gasteiger charge is -2.22. The molecule has 5 aromatic heterocycles. The second-order valence-corrected chi connectivity index (χ2v) is 7.35. The summed E-state index contributed by atoms with van der Waals surface area (Å²) < 4.78 is 4.37. The van der Waals surface area contributed by atoms with Gasteiger partial charge in [-0.05, 0) is 36.8 Å². The van der Waals surface area contributed by atoms with Crippen molar-refractivity contribution in [2.24, 2.45) is 0 Å². The van der Waals surface area contributed by atoms with Crippen molar-refractivity contribution in [2.75, 3.05) is 0 Å². The van der Waals surface area contributed by atoms with Crippen molar-refractivity contribution in [3.63, 3.8) is 0 Å². The van der Waals surface area contributed by atoms with Gasteiger partial charge in [0.15, 0.2) is 0 Å². The topological polar surface area (TPSA) is 60.9 Å². The fraction of sp³-hybridized carbons (Fsp3) is 0.182. The monoisotopic (exact) mass is 366 g/mol. The highest BCUT2D eigenvalue weighted by molar-refractivity contribution is 5.79. The van der Waals surface area contributed by atoms with Crippen LogP contribution in [0.25, 0.3) is 27.8 Å². The molecule has 28 heavy (non-hydrogen) atoms. The quantitative estimate of drug-likeness (QED) is 0.476.